The van der Waals surface area contributed by atoms with Gasteiger partial charge in [0.25, 0.3) is 0 Å². The van der Waals surface area contributed by atoms with Gasteiger partial charge in [0.15, 0.2) is 0 Å². The molecular formula is C15H23N5O3. The standard InChI is InChI=1S/C15H23N5O3/c1-16-12-3-4-17-14(18-12)20-8-11-7-19(5-6-23-2)9-15(11,10-20)13(21)22/h3-4,11H,5-10H2,1-2H3,(H,21,22)(H,16,17,18)/t11-,15-/m1/s1. The molecule has 0 amide bonds. The molecule has 0 spiro atoms. The Morgan fingerprint density at radius 1 is 1.52 bits per heavy atom. The van der Waals surface area contributed by atoms with Gasteiger partial charge in [-0.05, 0) is 6.07 Å². The fourth-order valence-electron chi connectivity index (χ4n) is 3.65. The quantitative estimate of drug-likeness (QED) is 0.756. The maximum atomic E-state index is 12.0. The van der Waals surface area contributed by atoms with E-state index >= 15 is 0 Å². The third-order valence-corrected chi connectivity index (χ3v) is 4.90. The fourth-order valence-corrected chi connectivity index (χ4v) is 3.65. The average Bonchev–Trinajstić information content (AvgIpc) is 3.08. The Kier molecular flexibility index (Phi) is 4.36. The van der Waals surface area contributed by atoms with Gasteiger partial charge in [0.05, 0.1) is 6.61 Å². The van der Waals surface area contributed by atoms with Crippen molar-refractivity contribution in [2.75, 3.05) is 63.7 Å². The molecule has 126 valence electrons. The summed E-state index contributed by atoms with van der Waals surface area (Å²) in [4.78, 5) is 24.9. The lowest BCUT2D eigenvalue weighted by Gasteiger charge is -2.25. The highest BCUT2D eigenvalue weighted by molar-refractivity contribution is 5.78. The van der Waals surface area contributed by atoms with Crippen LogP contribution in [0.1, 0.15) is 0 Å². The topological polar surface area (TPSA) is 90.8 Å². The minimum Gasteiger partial charge on any atom is -0.481 e. The number of carbonyl (C=O) groups is 1. The largest absolute Gasteiger partial charge is 0.481 e. The predicted octanol–water partition coefficient (Wildman–Crippen LogP) is -0.0125. The third-order valence-electron chi connectivity index (χ3n) is 4.90. The van der Waals surface area contributed by atoms with Gasteiger partial charge >= 0.3 is 5.97 Å². The molecule has 23 heavy (non-hydrogen) atoms. The summed E-state index contributed by atoms with van der Waals surface area (Å²) in [6, 6.07) is 1.79. The molecule has 8 heteroatoms. The molecule has 1 aromatic rings. The number of carboxylic acids is 1. The highest BCUT2D eigenvalue weighted by Crippen LogP contribution is 2.43. The van der Waals surface area contributed by atoms with E-state index in [9.17, 15) is 9.90 Å². The summed E-state index contributed by atoms with van der Waals surface area (Å²) < 4.78 is 5.11. The molecule has 0 radical (unpaired) electrons. The summed E-state index contributed by atoms with van der Waals surface area (Å²) in [7, 11) is 3.47. The number of aliphatic carboxylic acids is 1. The normalized spacial score (nSPS) is 27.2. The number of aromatic nitrogens is 2. The molecule has 0 aliphatic carbocycles. The zero-order valence-electron chi connectivity index (χ0n) is 13.5. The summed E-state index contributed by atoms with van der Waals surface area (Å²) in [5.41, 5.74) is -0.743. The Bertz CT molecular complexity index is 584. The molecule has 2 fully saturated rings. The van der Waals surface area contributed by atoms with E-state index in [4.69, 9.17) is 4.74 Å². The van der Waals surface area contributed by atoms with Crippen molar-refractivity contribution in [2.45, 2.75) is 0 Å². The molecule has 2 aliphatic heterocycles. The second-order valence-electron chi connectivity index (χ2n) is 6.26. The Morgan fingerprint density at radius 3 is 3.00 bits per heavy atom. The van der Waals surface area contributed by atoms with Crippen LogP contribution in [0.4, 0.5) is 11.8 Å². The van der Waals surface area contributed by atoms with Crippen molar-refractivity contribution in [3.63, 3.8) is 0 Å². The van der Waals surface area contributed by atoms with Crippen LogP contribution < -0.4 is 10.2 Å². The van der Waals surface area contributed by atoms with Crippen LogP contribution in [0.15, 0.2) is 12.3 Å². The smallest absolute Gasteiger partial charge is 0.313 e. The molecule has 2 aliphatic rings. The van der Waals surface area contributed by atoms with Crippen molar-refractivity contribution in [3.05, 3.63) is 12.3 Å². The van der Waals surface area contributed by atoms with Crippen LogP contribution in [0, 0.1) is 11.3 Å². The van der Waals surface area contributed by atoms with E-state index in [1.165, 1.54) is 0 Å². The van der Waals surface area contributed by atoms with E-state index in [1.54, 1.807) is 26.4 Å². The molecule has 2 saturated heterocycles. The number of carboxylic acid groups (broad SMARTS) is 1. The number of rotatable bonds is 6. The Morgan fingerprint density at radius 2 is 2.35 bits per heavy atom. The minimum absolute atomic E-state index is 0.0821. The van der Waals surface area contributed by atoms with Crippen molar-refractivity contribution < 1.29 is 14.6 Å². The van der Waals surface area contributed by atoms with E-state index in [1.807, 2.05) is 4.90 Å². The summed E-state index contributed by atoms with van der Waals surface area (Å²) in [5.74, 6) is 0.682. The first kappa shape index (κ1) is 15.9. The van der Waals surface area contributed by atoms with Crippen molar-refractivity contribution in [3.8, 4) is 0 Å². The summed E-state index contributed by atoms with van der Waals surface area (Å²) in [6.07, 6.45) is 1.70. The predicted molar refractivity (Wildman–Crippen MR) is 85.7 cm³/mol. The van der Waals surface area contributed by atoms with E-state index < -0.39 is 11.4 Å². The first-order valence-electron chi connectivity index (χ1n) is 7.79. The van der Waals surface area contributed by atoms with Crippen molar-refractivity contribution >= 4 is 17.7 Å². The highest BCUT2D eigenvalue weighted by Gasteiger charge is 2.57. The summed E-state index contributed by atoms with van der Waals surface area (Å²) in [6.45, 7) is 3.84. The van der Waals surface area contributed by atoms with Crippen molar-refractivity contribution in [1.29, 1.82) is 0 Å². The molecule has 3 rings (SSSR count). The van der Waals surface area contributed by atoms with Gasteiger partial charge in [0.1, 0.15) is 11.2 Å². The van der Waals surface area contributed by atoms with Gasteiger partial charge in [0, 0.05) is 59.0 Å². The van der Waals surface area contributed by atoms with E-state index in [2.05, 4.69) is 20.2 Å². The van der Waals surface area contributed by atoms with Crippen LogP contribution in [0.3, 0.4) is 0 Å². The van der Waals surface area contributed by atoms with Crippen molar-refractivity contribution in [2.24, 2.45) is 11.3 Å². The maximum absolute atomic E-state index is 12.0. The van der Waals surface area contributed by atoms with Crippen LogP contribution in [0.2, 0.25) is 0 Å². The lowest BCUT2D eigenvalue weighted by atomic mass is 9.81. The molecule has 2 atom stereocenters. The average molecular weight is 321 g/mol. The van der Waals surface area contributed by atoms with Gasteiger partial charge in [-0.25, -0.2) is 4.98 Å². The first-order chi connectivity index (χ1) is 11.1. The molecule has 8 nitrogen and oxygen atoms in total. The fraction of sp³-hybridized carbons (Fsp3) is 0.667. The van der Waals surface area contributed by atoms with Gasteiger partial charge in [-0.15, -0.1) is 0 Å². The molecular weight excluding hydrogens is 298 g/mol. The summed E-state index contributed by atoms with van der Waals surface area (Å²) >= 11 is 0. The number of anilines is 2. The molecule has 2 N–H and O–H groups in total. The van der Waals surface area contributed by atoms with E-state index in [0.717, 1.165) is 18.9 Å². The number of nitrogens with one attached hydrogen (secondary N) is 1. The van der Waals surface area contributed by atoms with E-state index in [-0.39, 0.29) is 5.92 Å². The SMILES string of the molecule is CNc1ccnc(N2C[C@H]3CN(CCOC)C[C@@]3(C(=O)O)C2)n1. The zero-order valence-corrected chi connectivity index (χ0v) is 13.5. The monoisotopic (exact) mass is 321 g/mol. The van der Waals surface area contributed by atoms with Crippen LogP contribution in [-0.2, 0) is 9.53 Å². The molecule has 3 heterocycles. The number of hydrogen-bond donors (Lipinski definition) is 2. The third kappa shape index (κ3) is 2.84. The van der Waals surface area contributed by atoms with Gasteiger partial charge < -0.3 is 20.1 Å². The number of methoxy groups -OCH3 is 1. The van der Waals surface area contributed by atoms with Crippen molar-refractivity contribution in [1.82, 2.24) is 14.9 Å². The Hall–Kier alpha value is -1.93. The zero-order chi connectivity index (χ0) is 16.4. The highest BCUT2D eigenvalue weighted by atomic mass is 16.5. The number of nitrogens with zero attached hydrogens (tertiary/aromatic N) is 4. The van der Waals surface area contributed by atoms with Crippen LogP contribution >= 0.6 is 0 Å². The van der Waals surface area contributed by atoms with Gasteiger partial charge in [-0.3, -0.25) is 9.69 Å². The van der Waals surface area contributed by atoms with Gasteiger partial charge in [0.2, 0.25) is 5.95 Å². The molecule has 0 bridgehead atoms. The second-order valence-corrected chi connectivity index (χ2v) is 6.26. The summed E-state index contributed by atoms with van der Waals surface area (Å²) in [5, 5.41) is 12.8. The first-order valence-corrected chi connectivity index (χ1v) is 7.79. The van der Waals surface area contributed by atoms with Crippen LogP contribution in [0.25, 0.3) is 0 Å². The number of fused-ring (bicyclic) bond motifs is 1. The maximum Gasteiger partial charge on any atom is 0.313 e. The van der Waals surface area contributed by atoms with Gasteiger partial charge in [-0.2, -0.15) is 4.98 Å². The second kappa shape index (κ2) is 6.29. The van der Waals surface area contributed by atoms with Crippen LogP contribution in [0.5, 0.6) is 0 Å². The molecule has 0 saturated carbocycles. The minimum atomic E-state index is -0.743. The Balaban J connectivity index is 1.77. The van der Waals surface area contributed by atoms with Crippen LogP contribution in [-0.4, -0.2) is 79.4 Å². The number of hydrogen-bond acceptors (Lipinski definition) is 7. The number of likely N-dealkylation sites (tertiary alicyclic amines) is 1. The molecule has 0 unspecified atom stereocenters. The lowest BCUT2D eigenvalue weighted by Crippen LogP contribution is -2.41. The number of ether oxygens (including phenoxy) is 1. The lowest BCUT2D eigenvalue weighted by molar-refractivity contribution is -0.148. The van der Waals surface area contributed by atoms with E-state index in [0.29, 0.717) is 32.2 Å². The van der Waals surface area contributed by atoms with Gasteiger partial charge in [-0.1, -0.05) is 0 Å². The molecule has 1 aromatic heterocycles. The Labute approximate surface area is 135 Å². The molecule has 0 aromatic carbocycles.